The van der Waals surface area contributed by atoms with Gasteiger partial charge < -0.3 is 4.90 Å². The molecule has 2 rings (SSSR count). The van der Waals surface area contributed by atoms with Gasteiger partial charge in [-0.15, -0.1) is 0 Å². The Labute approximate surface area is 112 Å². The summed E-state index contributed by atoms with van der Waals surface area (Å²) >= 11 is 0. The zero-order valence-corrected chi connectivity index (χ0v) is 12.6. The molecule has 0 saturated carbocycles. The van der Waals surface area contributed by atoms with Crippen LogP contribution < -0.4 is 4.90 Å². The zero-order chi connectivity index (χ0) is 13.3. The van der Waals surface area contributed by atoms with Gasteiger partial charge in [-0.3, -0.25) is 0 Å². The van der Waals surface area contributed by atoms with Crippen LogP contribution in [0, 0.1) is 12.8 Å². The minimum Gasteiger partial charge on any atom is -0.372 e. The van der Waals surface area contributed by atoms with E-state index in [0.29, 0.717) is 0 Å². The molecule has 18 heavy (non-hydrogen) atoms. The van der Waals surface area contributed by atoms with Crippen LogP contribution in [0.25, 0.3) is 0 Å². The molecule has 0 bridgehead atoms. The minimum atomic E-state index is 0.249. The summed E-state index contributed by atoms with van der Waals surface area (Å²) in [4.78, 5) is 2.54. The van der Waals surface area contributed by atoms with Crippen molar-refractivity contribution >= 4 is 5.69 Å². The molecule has 0 unspecified atom stereocenters. The Balaban J connectivity index is 2.19. The van der Waals surface area contributed by atoms with Gasteiger partial charge in [-0.2, -0.15) is 0 Å². The van der Waals surface area contributed by atoms with Crippen LogP contribution in [0.15, 0.2) is 18.2 Å². The summed E-state index contributed by atoms with van der Waals surface area (Å²) in [6.45, 7) is 13.9. The maximum Gasteiger partial charge on any atom is 0.0369 e. The first kappa shape index (κ1) is 13.5. The fourth-order valence-electron chi connectivity index (χ4n) is 2.95. The van der Waals surface area contributed by atoms with Gasteiger partial charge in [-0.1, -0.05) is 33.8 Å². The van der Waals surface area contributed by atoms with Crippen molar-refractivity contribution in [3.63, 3.8) is 0 Å². The number of hydrogen-bond donors (Lipinski definition) is 0. The van der Waals surface area contributed by atoms with Crippen molar-refractivity contribution in [2.24, 2.45) is 5.92 Å². The van der Waals surface area contributed by atoms with Crippen LogP contribution in [0.4, 0.5) is 5.69 Å². The highest BCUT2D eigenvalue weighted by molar-refractivity contribution is 5.52. The monoisotopic (exact) mass is 245 g/mol. The number of anilines is 1. The Morgan fingerprint density at radius 3 is 2.22 bits per heavy atom. The van der Waals surface area contributed by atoms with Crippen LogP contribution >= 0.6 is 0 Å². The fraction of sp³-hybridized carbons (Fsp3) is 0.647. The van der Waals surface area contributed by atoms with E-state index in [1.54, 1.807) is 0 Å². The molecule has 0 spiro atoms. The molecular weight excluding hydrogens is 218 g/mol. The Morgan fingerprint density at radius 1 is 1.11 bits per heavy atom. The second kappa shape index (κ2) is 4.95. The molecule has 0 atom stereocenters. The van der Waals surface area contributed by atoms with Gasteiger partial charge in [0.1, 0.15) is 0 Å². The van der Waals surface area contributed by atoms with Gasteiger partial charge in [0, 0.05) is 18.8 Å². The van der Waals surface area contributed by atoms with Crippen LogP contribution in [0.2, 0.25) is 0 Å². The van der Waals surface area contributed by atoms with E-state index in [9.17, 15) is 0 Å². The van der Waals surface area contributed by atoms with Crippen molar-refractivity contribution in [3.8, 4) is 0 Å². The van der Waals surface area contributed by atoms with Gasteiger partial charge in [0.05, 0.1) is 0 Å². The van der Waals surface area contributed by atoms with Gasteiger partial charge in [-0.25, -0.2) is 0 Å². The third-order valence-corrected chi connectivity index (χ3v) is 4.17. The molecule has 1 aliphatic heterocycles. The molecule has 1 aromatic rings. The van der Waals surface area contributed by atoms with Crippen LogP contribution in [0.1, 0.15) is 51.7 Å². The molecule has 0 amide bonds. The maximum atomic E-state index is 2.54. The predicted octanol–water partition coefficient (Wildman–Crippen LogP) is 4.53. The molecule has 1 fully saturated rings. The SMILES string of the molecule is Cc1cc(N2CCC(C)CC2)ccc1C(C)(C)C. The lowest BCUT2D eigenvalue weighted by Crippen LogP contribution is -2.32. The van der Waals surface area contributed by atoms with Gasteiger partial charge in [0.2, 0.25) is 0 Å². The number of aryl methyl sites for hydroxylation is 1. The first-order valence-corrected chi connectivity index (χ1v) is 7.24. The number of hydrogen-bond acceptors (Lipinski definition) is 1. The summed E-state index contributed by atoms with van der Waals surface area (Å²) in [6, 6.07) is 7.00. The van der Waals surface area contributed by atoms with E-state index >= 15 is 0 Å². The van der Waals surface area contributed by atoms with E-state index in [0.717, 1.165) is 5.92 Å². The van der Waals surface area contributed by atoms with Crippen molar-refractivity contribution < 1.29 is 0 Å². The second-order valence-electron chi connectivity index (χ2n) is 6.92. The highest BCUT2D eigenvalue weighted by atomic mass is 15.1. The summed E-state index contributed by atoms with van der Waals surface area (Å²) in [6.07, 6.45) is 2.67. The summed E-state index contributed by atoms with van der Waals surface area (Å²) in [5.41, 5.74) is 4.56. The summed E-state index contributed by atoms with van der Waals surface area (Å²) in [5.74, 6) is 0.899. The average molecular weight is 245 g/mol. The number of rotatable bonds is 1. The van der Waals surface area contributed by atoms with Crippen molar-refractivity contribution in [2.45, 2.75) is 52.9 Å². The van der Waals surface area contributed by atoms with E-state index in [1.807, 2.05) is 0 Å². The van der Waals surface area contributed by atoms with Crippen LogP contribution in [-0.4, -0.2) is 13.1 Å². The fourth-order valence-corrected chi connectivity index (χ4v) is 2.95. The van der Waals surface area contributed by atoms with Gasteiger partial charge in [-0.05, 0) is 54.4 Å². The van der Waals surface area contributed by atoms with Gasteiger partial charge in [0.15, 0.2) is 0 Å². The summed E-state index contributed by atoms with van der Waals surface area (Å²) < 4.78 is 0. The van der Waals surface area contributed by atoms with Crippen molar-refractivity contribution in [3.05, 3.63) is 29.3 Å². The van der Waals surface area contributed by atoms with Crippen LogP contribution in [0.5, 0.6) is 0 Å². The lowest BCUT2D eigenvalue weighted by Gasteiger charge is -2.33. The number of nitrogens with zero attached hydrogens (tertiary/aromatic N) is 1. The topological polar surface area (TPSA) is 3.24 Å². The second-order valence-corrected chi connectivity index (χ2v) is 6.92. The lowest BCUT2D eigenvalue weighted by molar-refractivity contribution is 0.438. The number of piperidine rings is 1. The molecule has 0 N–H and O–H groups in total. The first-order chi connectivity index (χ1) is 8.38. The highest BCUT2D eigenvalue weighted by Crippen LogP contribution is 2.30. The first-order valence-electron chi connectivity index (χ1n) is 7.24. The van der Waals surface area contributed by atoms with Crippen LogP contribution in [0.3, 0.4) is 0 Å². The van der Waals surface area contributed by atoms with Crippen LogP contribution in [-0.2, 0) is 5.41 Å². The van der Waals surface area contributed by atoms with E-state index in [1.165, 1.54) is 42.7 Å². The summed E-state index contributed by atoms with van der Waals surface area (Å²) in [7, 11) is 0. The normalized spacial score (nSPS) is 18.2. The van der Waals surface area contributed by atoms with Crippen molar-refractivity contribution in [1.82, 2.24) is 0 Å². The molecule has 1 nitrogen and oxygen atoms in total. The quantitative estimate of drug-likeness (QED) is 0.702. The predicted molar refractivity (Wildman–Crippen MR) is 80.5 cm³/mol. The lowest BCUT2D eigenvalue weighted by atomic mass is 9.84. The van der Waals surface area contributed by atoms with Gasteiger partial charge in [0.25, 0.3) is 0 Å². The van der Waals surface area contributed by atoms with E-state index in [2.05, 4.69) is 57.7 Å². The highest BCUT2D eigenvalue weighted by Gasteiger charge is 2.19. The standard InChI is InChI=1S/C17H27N/c1-13-8-10-18(11-9-13)15-6-7-16(14(2)12-15)17(3,4)5/h6-7,12-13H,8-11H2,1-5H3. The molecule has 100 valence electrons. The molecule has 1 heteroatoms. The zero-order valence-electron chi connectivity index (χ0n) is 12.6. The summed E-state index contributed by atoms with van der Waals surface area (Å²) in [5, 5.41) is 0. The van der Waals surface area contributed by atoms with Crippen molar-refractivity contribution in [2.75, 3.05) is 18.0 Å². The van der Waals surface area contributed by atoms with Gasteiger partial charge >= 0.3 is 0 Å². The average Bonchev–Trinajstić information content (AvgIpc) is 2.28. The Morgan fingerprint density at radius 2 is 1.72 bits per heavy atom. The Bertz CT molecular complexity index is 406. The molecular formula is C17H27N. The molecule has 1 aliphatic rings. The molecule has 0 aliphatic carbocycles. The molecule has 1 aromatic carbocycles. The molecule has 1 heterocycles. The maximum absolute atomic E-state index is 2.54. The van der Waals surface area contributed by atoms with E-state index < -0.39 is 0 Å². The molecule has 0 radical (unpaired) electrons. The third-order valence-electron chi connectivity index (χ3n) is 4.17. The largest absolute Gasteiger partial charge is 0.372 e. The molecule has 1 saturated heterocycles. The third kappa shape index (κ3) is 2.88. The Hall–Kier alpha value is -0.980. The number of benzene rings is 1. The minimum absolute atomic E-state index is 0.249. The molecule has 0 aromatic heterocycles. The smallest absolute Gasteiger partial charge is 0.0369 e. The van der Waals surface area contributed by atoms with Crippen molar-refractivity contribution in [1.29, 1.82) is 0 Å². The van der Waals surface area contributed by atoms with E-state index in [-0.39, 0.29) is 5.41 Å². The Kier molecular flexibility index (Phi) is 3.70. The van der Waals surface area contributed by atoms with E-state index in [4.69, 9.17) is 0 Å².